The Morgan fingerprint density at radius 1 is 1.26 bits per heavy atom. The zero-order valence-corrected chi connectivity index (χ0v) is 24.7. The Labute approximate surface area is 232 Å². The third-order valence-electron chi connectivity index (χ3n) is 6.22. The normalized spacial score (nSPS) is 17.9. The highest BCUT2D eigenvalue weighted by Crippen LogP contribution is 2.50. The van der Waals surface area contributed by atoms with Gasteiger partial charge in [-0.25, -0.2) is 13.8 Å². The van der Waals surface area contributed by atoms with Crippen molar-refractivity contribution in [2.24, 2.45) is 11.3 Å². The highest BCUT2D eigenvalue weighted by Gasteiger charge is 2.47. The monoisotopic (exact) mass is 588 g/mol. The van der Waals surface area contributed by atoms with Crippen molar-refractivity contribution >= 4 is 31.3 Å². The van der Waals surface area contributed by atoms with Gasteiger partial charge >= 0.3 is 19.4 Å². The number of aliphatic hydroxyl groups excluding tert-OH is 1. The second kappa shape index (κ2) is 14.3. The van der Waals surface area contributed by atoms with Crippen molar-refractivity contribution in [2.45, 2.75) is 58.3 Å². The number of aromatic nitrogens is 2. The highest BCUT2D eigenvalue weighted by molar-refractivity contribution is 7.98. The zero-order chi connectivity index (χ0) is 29.4. The molecule has 2 rings (SSSR count). The number of hydrogen-bond acceptors (Lipinski definition) is 10. The Bertz CT molecular complexity index is 1190. The van der Waals surface area contributed by atoms with Crippen molar-refractivity contribution in [1.82, 2.24) is 14.6 Å². The molecule has 0 fully saturated rings. The second-order valence-electron chi connectivity index (χ2n) is 9.67. The van der Waals surface area contributed by atoms with E-state index in [0.29, 0.717) is 0 Å². The number of nitrogens with two attached hydrogens (primary N) is 1. The number of carbonyl (C=O) groups excluding carboxylic acids is 1. The van der Waals surface area contributed by atoms with Crippen LogP contribution in [0, 0.1) is 11.3 Å². The van der Waals surface area contributed by atoms with E-state index in [1.807, 2.05) is 0 Å². The Kier molecular flexibility index (Phi) is 12.0. The molecule has 0 bridgehead atoms. The van der Waals surface area contributed by atoms with Crippen LogP contribution in [0.1, 0.15) is 40.0 Å². The summed E-state index contributed by atoms with van der Waals surface area (Å²) < 4.78 is 48.1. The lowest BCUT2D eigenvalue weighted by atomic mass is 9.75. The molecule has 6 atom stereocenters. The highest BCUT2D eigenvalue weighted by atomic mass is 32.2. The molecule has 0 amide bonds. The molecule has 11 nitrogen and oxygen atoms in total. The number of thioether (sulfide) groups is 1. The molecule has 0 aliphatic carbocycles. The number of aliphatic hydroxyl groups is 1. The number of rotatable bonds is 15. The first-order valence-electron chi connectivity index (χ1n) is 12.4. The van der Waals surface area contributed by atoms with Crippen LogP contribution in [0.4, 0.5) is 10.2 Å². The summed E-state index contributed by atoms with van der Waals surface area (Å²) in [5, 5.41) is 11.5. The quantitative estimate of drug-likeness (QED) is 0.206. The molecule has 4 N–H and O–H groups in total. The number of esters is 1. The van der Waals surface area contributed by atoms with Crippen LogP contribution in [0.2, 0.25) is 0 Å². The molecule has 14 heteroatoms. The maximum absolute atomic E-state index is 16.4. The van der Waals surface area contributed by atoms with Gasteiger partial charge in [0.25, 0.3) is 0 Å². The average molecular weight is 589 g/mol. The van der Waals surface area contributed by atoms with Crippen LogP contribution >= 0.6 is 19.5 Å². The molecule has 0 radical (unpaired) electrons. The van der Waals surface area contributed by atoms with Gasteiger partial charge in [0, 0.05) is 18.2 Å². The first-order chi connectivity index (χ1) is 18.3. The lowest BCUT2D eigenvalue weighted by Gasteiger charge is -2.41. The second-order valence-corrected chi connectivity index (χ2v) is 12.3. The molecule has 39 heavy (non-hydrogen) atoms. The number of carbonyl (C=O) groups is 1. The number of benzene rings is 1. The van der Waals surface area contributed by atoms with Gasteiger partial charge in [0.05, 0.1) is 12.7 Å². The predicted molar refractivity (Wildman–Crippen MR) is 149 cm³/mol. The van der Waals surface area contributed by atoms with Crippen molar-refractivity contribution in [2.75, 3.05) is 25.2 Å². The lowest BCUT2D eigenvalue weighted by Crippen LogP contribution is -2.47. The molecule has 0 saturated carbocycles. The van der Waals surface area contributed by atoms with Gasteiger partial charge in [0.1, 0.15) is 29.2 Å². The SMILES string of the molecule is CSC(C(F)[C@@](C)(COP(=O)(N[C@@H](C)C(=O)OC(C)C)Oc1ccccc1)C(C)CO)n1ccc(N)nc1=O. The number of nitrogen functional groups attached to an aromatic ring is 1. The Hall–Kier alpha value is -2.44. The number of hydrogen-bond donors (Lipinski definition) is 3. The molecule has 0 spiro atoms. The Balaban J connectivity index is 2.41. The lowest BCUT2D eigenvalue weighted by molar-refractivity contribution is -0.149. The first kappa shape index (κ1) is 32.8. The van der Waals surface area contributed by atoms with Crippen molar-refractivity contribution in [1.29, 1.82) is 0 Å². The van der Waals surface area contributed by atoms with Gasteiger partial charge < -0.3 is 20.1 Å². The molecule has 218 valence electrons. The van der Waals surface area contributed by atoms with Crippen molar-refractivity contribution in [3.8, 4) is 5.75 Å². The minimum absolute atomic E-state index is 0.00322. The van der Waals surface area contributed by atoms with Crippen LogP contribution in [-0.2, 0) is 18.6 Å². The van der Waals surface area contributed by atoms with Gasteiger partial charge in [-0.3, -0.25) is 13.9 Å². The van der Waals surface area contributed by atoms with Gasteiger partial charge in [0.2, 0.25) is 0 Å². The minimum atomic E-state index is -4.31. The van der Waals surface area contributed by atoms with E-state index in [4.69, 9.17) is 19.5 Å². The van der Waals surface area contributed by atoms with Crippen LogP contribution < -0.4 is 21.0 Å². The minimum Gasteiger partial charge on any atom is -0.462 e. The number of nitrogens with one attached hydrogen (secondary N) is 1. The van der Waals surface area contributed by atoms with Gasteiger partial charge in [-0.2, -0.15) is 10.1 Å². The number of ether oxygens (including phenoxy) is 1. The van der Waals surface area contributed by atoms with E-state index in [-0.39, 0.29) is 11.6 Å². The summed E-state index contributed by atoms with van der Waals surface area (Å²) in [6.07, 6.45) is 0.757. The van der Waals surface area contributed by atoms with Gasteiger partial charge in [-0.1, -0.05) is 32.0 Å². The first-order valence-corrected chi connectivity index (χ1v) is 15.2. The fourth-order valence-electron chi connectivity index (χ4n) is 3.58. The van der Waals surface area contributed by atoms with Crippen LogP contribution in [0.3, 0.4) is 0 Å². The maximum Gasteiger partial charge on any atom is 0.459 e. The van der Waals surface area contributed by atoms with Crippen molar-refractivity contribution in [3.63, 3.8) is 0 Å². The zero-order valence-electron chi connectivity index (χ0n) is 22.9. The van der Waals surface area contributed by atoms with Gasteiger partial charge in [-0.15, -0.1) is 11.8 Å². The summed E-state index contributed by atoms with van der Waals surface area (Å²) in [5.74, 6) is -1.21. The van der Waals surface area contributed by atoms with Crippen LogP contribution in [0.25, 0.3) is 0 Å². The molecule has 0 aliphatic heterocycles. The van der Waals surface area contributed by atoms with Gasteiger partial charge in [-0.05, 0) is 51.1 Å². The Morgan fingerprint density at radius 2 is 1.90 bits per heavy atom. The van der Waals surface area contributed by atoms with Crippen LogP contribution in [-0.4, -0.2) is 58.4 Å². The largest absolute Gasteiger partial charge is 0.462 e. The third kappa shape index (κ3) is 8.77. The molecule has 1 aromatic heterocycles. The van der Waals surface area contributed by atoms with E-state index in [2.05, 4.69) is 10.1 Å². The summed E-state index contributed by atoms with van der Waals surface area (Å²) in [5.41, 5.74) is 3.36. The number of para-hydroxylation sites is 1. The predicted octanol–water partition coefficient (Wildman–Crippen LogP) is 3.79. The Morgan fingerprint density at radius 3 is 2.44 bits per heavy atom. The number of anilines is 1. The average Bonchev–Trinajstić information content (AvgIpc) is 2.88. The number of alkyl halides is 1. The summed E-state index contributed by atoms with van der Waals surface area (Å²) >= 11 is 1.05. The summed E-state index contributed by atoms with van der Waals surface area (Å²) in [6, 6.07) is 8.44. The van der Waals surface area contributed by atoms with E-state index < -0.39 is 67.6 Å². The molecular formula is C25H38FN4O7PS. The third-order valence-corrected chi connectivity index (χ3v) is 8.79. The van der Waals surface area contributed by atoms with E-state index in [0.717, 1.165) is 16.3 Å². The summed E-state index contributed by atoms with van der Waals surface area (Å²) in [6.45, 7) is 6.98. The maximum atomic E-state index is 16.4. The summed E-state index contributed by atoms with van der Waals surface area (Å²) in [7, 11) is -4.31. The van der Waals surface area contributed by atoms with Crippen molar-refractivity contribution in [3.05, 3.63) is 53.1 Å². The smallest absolute Gasteiger partial charge is 0.459 e. The van der Waals surface area contributed by atoms with Gasteiger partial charge in [0.15, 0.2) is 0 Å². The molecule has 1 aromatic carbocycles. The number of nitrogens with zero attached hydrogens (tertiary/aromatic N) is 2. The number of halogens is 1. The fourth-order valence-corrected chi connectivity index (χ4v) is 6.12. The van der Waals surface area contributed by atoms with E-state index in [1.54, 1.807) is 57.4 Å². The topological polar surface area (TPSA) is 155 Å². The molecule has 0 aliphatic rings. The molecule has 2 aromatic rings. The van der Waals surface area contributed by atoms with Crippen LogP contribution in [0.15, 0.2) is 47.4 Å². The molecular weight excluding hydrogens is 550 g/mol. The molecule has 1 heterocycles. The van der Waals surface area contributed by atoms with E-state index in [1.165, 1.54) is 26.1 Å². The molecule has 0 saturated heterocycles. The molecule has 4 unspecified atom stereocenters. The summed E-state index contributed by atoms with van der Waals surface area (Å²) in [4.78, 5) is 28.6. The van der Waals surface area contributed by atoms with E-state index >= 15 is 4.39 Å². The van der Waals surface area contributed by atoms with Crippen molar-refractivity contribution < 1.29 is 32.6 Å². The van der Waals surface area contributed by atoms with Crippen LogP contribution in [0.5, 0.6) is 5.75 Å². The fraction of sp³-hybridized carbons (Fsp3) is 0.560. The standard InChI is InChI=1S/C25H38FN4O7PS/c1-16(2)36-23(32)18(4)29-38(34,37-19-10-8-7-9-11-19)35-15-25(5,17(3)14-31)21(26)22(39-6)30-13-12-20(27)28-24(30)33/h7-13,16-18,21-22,31H,14-15H2,1-6H3,(H,29,34)(H2,27,28,33)/t17?,18-,21?,22?,25-,38?/m0/s1. The van der Waals surface area contributed by atoms with E-state index in [9.17, 15) is 19.3 Å².